The van der Waals surface area contributed by atoms with Crippen LogP contribution in [0.4, 0.5) is 0 Å². The molecular formula is C28H28Cl4N2O2. The number of nitrogens with zero attached hydrogens (tertiary/aromatic N) is 1. The van der Waals surface area contributed by atoms with Gasteiger partial charge in [-0.15, -0.1) is 0 Å². The van der Waals surface area contributed by atoms with Gasteiger partial charge in [0.05, 0.1) is 16.5 Å². The van der Waals surface area contributed by atoms with Gasteiger partial charge in [-0.2, -0.15) is 0 Å². The molecule has 0 aliphatic rings. The molecule has 0 unspecified atom stereocenters. The first-order valence-electron chi connectivity index (χ1n) is 11.7. The maximum absolute atomic E-state index is 13.8. The lowest BCUT2D eigenvalue weighted by Gasteiger charge is -2.32. The monoisotopic (exact) mass is 564 g/mol. The molecule has 0 spiro atoms. The fourth-order valence-electron chi connectivity index (χ4n) is 3.75. The molecule has 0 saturated carbocycles. The molecule has 190 valence electrons. The molecule has 0 aliphatic heterocycles. The van der Waals surface area contributed by atoms with Gasteiger partial charge in [0, 0.05) is 29.1 Å². The molecule has 3 rings (SSSR count). The van der Waals surface area contributed by atoms with Gasteiger partial charge in [-0.1, -0.05) is 95.8 Å². The van der Waals surface area contributed by atoms with Crippen LogP contribution in [0.5, 0.6) is 0 Å². The summed E-state index contributed by atoms with van der Waals surface area (Å²) < 4.78 is 0. The number of hydrogen-bond acceptors (Lipinski definition) is 2. The zero-order valence-electron chi connectivity index (χ0n) is 20.1. The second-order valence-electron chi connectivity index (χ2n) is 8.71. The second-order valence-corrected chi connectivity index (χ2v) is 10.4. The van der Waals surface area contributed by atoms with Crippen LogP contribution < -0.4 is 5.32 Å². The van der Waals surface area contributed by atoms with Gasteiger partial charge in [0.25, 0.3) is 0 Å². The molecule has 0 saturated heterocycles. The first-order chi connectivity index (χ1) is 17.2. The average molecular weight is 566 g/mol. The van der Waals surface area contributed by atoms with Gasteiger partial charge >= 0.3 is 0 Å². The molecule has 0 aliphatic carbocycles. The van der Waals surface area contributed by atoms with E-state index in [1.54, 1.807) is 41.3 Å². The number of carbonyl (C=O) groups excluding carboxylic acids is 2. The predicted molar refractivity (Wildman–Crippen MR) is 149 cm³/mol. The topological polar surface area (TPSA) is 49.4 Å². The van der Waals surface area contributed by atoms with Crippen molar-refractivity contribution in [3.63, 3.8) is 0 Å². The number of amides is 2. The minimum absolute atomic E-state index is 0.0399. The fraction of sp³-hybridized carbons (Fsp3) is 0.286. The summed E-state index contributed by atoms with van der Waals surface area (Å²) in [6.45, 7) is 4.08. The van der Waals surface area contributed by atoms with Gasteiger partial charge in [-0.3, -0.25) is 9.59 Å². The zero-order valence-corrected chi connectivity index (χ0v) is 23.1. The SMILES string of the molecule is CC[C@H](C)NC(=O)[C@@H](Cc1ccccc1)N(Cc1ccc(Cl)cc1Cl)C(=O)Cc1ccc(Cl)c(Cl)c1. The van der Waals surface area contributed by atoms with E-state index in [1.807, 2.05) is 44.2 Å². The predicted octanol–water partition coefficient (Wildman–Crippen LogP) is 7.40. The molecule has 2 amide bonds. The molecule has 3 aromatic rings. The molecule has 36 heavy (non-hydrogen) atoms. The smallest absolute Gasteiger partial charge is 0.243 e. The molecule has 3 aromatic carbocycles. The Morgan fingerprint density at radius 3 is 2.22 bits per heavy atom. The number of halogens is 4. The first kappa shape index (κ1) is 28.3. The van der Waals surface area contributed by atoms with Crippen molar-refractivity contribution in [2.75, 3.05) is 0 Å². The Kier molecular flexibility index (Phi) is 10.5. The summed E-state index contributed by atoms with van der Waals surface area (Å²) in [6.07, 6.45) is 1.16. The van der Waals surface area contributed by atoms with E-state index in [9.17, 15) is 9.59 Å². The van der Waals surface area contributed by atoms with Crippen molar-refractivity contribution < 1.29 is 9.59 Å². The van der Waals surface area contributed by atoms with E-state index in [0.29, 0.717) is 37.6 Å². The van der Waals surface area contributed by atoms with Crippen molar-refractivity contribution in [1.29, 1.82) is 0 Å². The van der Waals surface area contributed by atoms with Crippen molar-refractivity contribution in [3.05, 3.63) is 104 Å². The van der Waals surface area contributed by atoms with Crippen LogP contribution in [0.3, 0.4) is 0 Å². The third kappa shape index (κ3) is 7.88. The van der Waals surface area contributed by atoms with E-state index >= 15 is 0 Å². The normalized spacial score (nSPS) is 12.6. The van der Waals surface area contributed by atoms with E-state index in [1.165, 1.54) is 0 Å². The van der Waals surface area contributed by atoms with Crippen molar-refractivity contribution in [2.45, 2.75) is 51.7 Å². The Hall–Kier alpha value is -2.24. The number of carbonyl (C=O) groups is 2. The highest BCUT2D eigenvalue weighted by Gasteiger charge is 2.31. The lowest BCUT2D eigenvalue weighted by molar-refractivity contribution is -0.141. The maximum atomic E-state index is 13.8. The maximum Gasteiger partial charge on any atom is 0.243 e. The van der Waals surface area contributed by atoms with Gasteiger partial charge in [-0.05, 0) is 54.3 Å². The highest BCUT2D eigenvalue weighted by Crippen LogP contribution is 2.26. The Morgan fingerprint density at radius 1 is 0.861 bits per heavy atom. The molecule has 2 atom stereocenters. The molecular weight excluding hydrogens is 538 g/mol. The van der Waals surface area contributed by atoms with Crippen LogP contribution >= 0.6 is 46.4 Å². The molecule has 0 aromatic heterocycles. The number of hydrogen-bond donors (Lipinski definition) is 1. The molecule has 0 bridgehead atoms. The van der Waals surface area contributed by atoms with Crippen molar-refractivity contribution in [3.8, 4) is 0 Å². The van der Waals surface area contributed by atoms with Gasteiger partial charge in [-0.25, -0.2) is 0 Å². The van der Waals surface area contributed by atoms with Crippen LogP contribution in [0.15, 0.2) is 66.7 Å². The quantitative estimate of drug-likeness (QED) is 0.278. The van der Waals surface area contributed by atoms with Gasteiger partial charge in [0.1, 0.15) is 6.04 Å². The van der Waals surface area contributed by atoms with Crippen molar-refractivity contribution >= 4 is 58.2 Å². The van der Waals surface area contributed by atoms with Crippen LogP contribution in [0, 0.1) is 0 Å². The van der Waals surface area contributed by atoms with Crippen LogP contribution in [0.25, 0.3) is 0 Å². The highest BCUT2D eigenvalue weighted by atomic mass is 35.5. The molecule has 0 fully saturated rings. The van der Waals surface area contributed by atoms with Gasteiger partial charge < -0.3 is 10.2 Å². The average Bonchev–Trinajstić information content (AvgIpc) is 2.85. The summed E-state index contributed by atoms with van der Waals surface area (Å²) in [5, 5.41) is 4.74. The summed E-state index contributed by atoms with van der Waals surface area (Å²) >= 11 is 24.8. The molecule has 0 radical (unpaired) electrons. The third-order valence-corrected chi connectivity index (χ3v) is 7.29. The number of nitrogens with one attached hydrogen (secondary N) is 1. The standard InChI is InChI=1S/C28H28Cl4N2O2/c1-3-18(2)33-28(36)26(14-19-7-5-4-6-8-19)34(17-21-10-11-22(29)16-24(21)31)27(35)15-20-9-12-23(30)25(32)13-20/h4-13,16,18,26H,3,14-15,17H2,1-2H3,(H,33,36)/t18-,26+/m0/s1. The Balaban J connectivity index is 2.01. The Labute approximate surface area is 232 Å². The second kappa shape index (κ2) is 13.3. The number of benzene rings is 3. The summed E-state index contributed by atoms with van der Waals surface area (Å²) in [6, 6.07) is 19.0. The molecule has 1 N–H and O–H groups in total. The van der Waals surface area contributed by atoms with Crippen LogP contribution in [0.1, 0.15) is 37.0 Å². The third-order valence-electron chi connectivity index (χ3n) is 5.97. The molecule has 0 heterocycles. The minimum atomic E-state index is -0.761. The summed E-state index contributed by atoms with van der Waals surface area (Å²) in [4.78, 5) is 28.9. The highest BCUT2D eigenvalue weighted by molar-refractivity contribution is 6.42. The largest absolute Gasteiger partial charge is 0.352 e. The lowest BCUT2D eigenvalue weighted by Crippen LogP contribution is -2.52. The van der Waals surface area contributed by atoms with Gasteiger partial charge in [0.2, 0.25) is 11.8 Å². The Bertz CT molecular complexity index is 1200. The zero-order chi connectivity index (χ0) is 26.2. The van der Waals surface area contributed by atoms with E-state index in [0.717, 1.165) is 12.0 Å². The van der Waals surface area contributed by atoms with E-state index in [2.05, 4.69) is 5.32 Å². The molecule has 8 heteroatoms. The summed E-state index contributed by atoms with van der Waals surface area (Å²) in [7, 11) is 0. The van der Waals surface area contributed by atoms with Crippen LogP contribution in [0.2, 0.25) is 20.1 Å². The van der Waals surface area contributed by atoms with Crippen LogP contribution in [-0.4, -0.2) is 28.8 Å². The summed E-state index contributed by atoms with van der Waals surface area (Å²) in [5.41, 5.74) is 2.33. The van der Waals surface area contributed by atoms with Crippen LogP contribution in [-0.2, 0) is 29.0 Å². The fourth-order valence-corrected chi connectivity index (χ4v) is 4.54. The van der Waals surface area contributed by atoms with E-state index in [-0.39, 0.29) is 30.8 Å². The van der Waals surface area contributed by atoms with Gasteiger partial charge in [0.15, 0.2) is 0 Å². The van der Waals surface area contributed by atoms with Crippen molar-refractivity contribution in [2.24, 2.45) is 0 Å². The molecule has 4 nitrogen and oxygen atoms in total. The van der Waals surface area contributed by atoms with Crippen molar-refractivity contribution in [1.82, 2.24) is 10.2 Å². The van der Waals surface area contributed by atoms with E-state index in [4.69, 9.17) is 46.4 Å². The number of rotatable bonds is 10. The lowest BCUT2D eigenvalue weighted by atomic mass is 10.0. The van der Waals surface area contributed by atoms with E-state index < -0.39 is 6.04 Å². The summed E-state index contributed by atoms with van der Waals surface area (Å²) in [5.74, 6) is -0.458. The first-order valence-corrected chi connectivity index (χ1v) is 13.2. The minimum Gasteiger partial charge on any atom is -0.352 e. The Morgan fingerprint density at radius 2 is 1.58 bits per heavy atom.